The average Bonchev–Trinajstić information content (AvgIpc) is 2.84. The van der Waals surface area contributed by atoms with Crippen LogP contribution in [0.1, 0.15) is 24.9 Å². The lowest BCUT2D eigenvalue weighted by atomic mass is 10.0. The highest BCUT2D eigenvalue weighted by Crippen LogP contribution is 2.24. The maximum Gasteiger partial charge on any atom is 0.229 e. The van der Waals surface area contributed by atoms with E-state index in [9.17, 15) is 4.79 Å². The molecule has 0 heterocycles. The Balaban J connectivity index is 2.05. The zero-order chi connectivity index (χ0) is 13.1. The van der Waals surface area contributed by atoms with Gasteiger partial charge in [-0.1, -0.05) is 42.5 Å². The van der Waals surface area contributed by atoms with Crippen LogP contribution < -0.4 is 5.73 Å². The Bertz CT molecular complexity index is 441. The van der Waals surface area contributed by atoms with Crippen LogP contribution >= 0.6 is 0 Å². The molecule has 3 unspecified atom stereocenters. The second kappa shape index (κ2) is 5.36. The van der Waals surface area contributed by atoms with Gasteiger partial charge in [0.2, 0.25) is 5.91 Å². The third kappa shape index (κ3) is 2.62. The Hall–Kier alpha value is -1.61. The van der Waals surface area contributed by atoms with Crippen molar-refractivity contribution in [1.82, 2.24) is 4.90 Å². The Morgan fingerprint density at radius 1 is 1.33 bits per heavy atom. The zero-order valence-electron chi connectivity index (χ0n) is 10.9. The number of carbonyl (C=O) groups excluding carboxylic acids is 1. The Labute approximate surface area is 108 Å². The maximum atomic E-state index is 12.3. The molecule has 1 aliphatic rings. The minimum atomic E-state index is -0.0591. The highest BCUT2D eigenvalue weighted by Gasteiger charge is 2.27. The molecule has 3 atom stereocenters. The van der Waals surface area contributed by atoms with Gasteiger partial charge in [0.15, 0.2) is 0 Å². The molecule has 1 aliphatic carbocycles. The van der Waals surface area contributed by atoms with Crippen LogP contribution in [0.25, 0.3) is 0 Å². The molecule has 0 bridgehead atoms. The first kappa shape index (κ1) is 12.8. The van der Waals surface area contributed by atoms with Gasteiger partial charge in [-0.25, -0.2) is 0 Å². The van der Waals surface area contributed by atoms with E-state index in [-0.39, 0.29) is 23.9 Å². The molecule has 0 aromatic heterocycles. The number of hydrogen-bond donors (Lipinski definition) is 1. The molecule has 0 saturated heterocycles. The van der Waals surface area contributed by atoms with Crippen LogP contribution in [0.2, 0.25) is 0 Å². The molecule has 0 aliphatic heterocycles. The molecule has 3 heteroatoms. The summed E-state index contributed by atoms with van der Waals surface area (Å²) in [5.41, 5.74) is 6.95. The third-order valence-corrected chi connectivity index (χ3v) is 3.64. The summed E-state index contributed by atoms with van der Waals surface area (Å²) in [6.45, 7) is 2.05. The maximum absolute atomic E-state index is 12.3. The predicted molar refractivity (Wildman–Crippen MR) is 72.8 cm³/mol. The van der Waals surface area contributed by atoms with Crippen molar-refractivity contribution in [2.24, 2.45) is 11.7 Å². The fraction of sp³-hybridized carbons (Fsp3) is 0.400. The molecule has 1 aromatic rings. The van der Waals surface area contributed by atoms with Crippen LogP contribution in [0.15, 0.2) is 42.5 Å². The standard InChI is InChI=1S/C15H20N2O/c1-11(12-6-4-3-5-7-12)17(2)15(18)13-8-9-14(16)10-13/h3-9,11,13-14H,10,16H2,1-2H3. The highest BCUT2D eigenvalue weighted by atomic mass is 16.2. The van der Waals surface area contributed by atoms with Crippen LogP contribution in [0.5, 0.6) is 0 Å². The lowest BCUT2D eigenvalue weighted by Gasteiger charge is -2.27. The van der Waals surface area contributed by atoms with Gasteiger partial charge >= 0.3 is 0 Å². The summed E-state index contributed by atoms with van der Waals surface area (Å²) in [5.74, 6) is 0.0896. The summed E-state index contributed by atoms with van der Waals surface area (Å²) >= 11 is 0. The molecule has 0 saturated carbocycles. The zero-order valence-corrected chi connectivity index (χ0v) is 10.9. The minimum absolute atomic E-state index is 0.0272. The summed E-state index contributed by atoms with van der Waals surface area (Å²) in [7, 11) is 1.86. The minimum Gasteiger partial charge on any atom is -0.338 e. The molecule has 18 heavy (non-hydrogen) atoms. The number of carbonyl (C=O) groups is 1. The van der Waals surface area contributed by atoms with Crippen molar-refractivity contribution in [3.05, 3.63) is 48.0 Å². The van der Waals surface area contributed by atoms with Gasteiger partial charge in [0, 0.05) is 13.1 Å². The molecule has 1 aromatic carbocycles. The number of benzene rings is 1. The first-order valence-corrected chi connectivity index (χ1v) is 6.35. The van der Waals surface area contributed by atoms with E-state index < -0.39 is 0 Å². The molecule has 2 N–H and O–H groups in total. The predicted octanol–water partition coefficient (Wildman–Crippen LogP) is 2.11. The molecule has 2 rings (SSSR count). The molecule has 3 nitrogen and oxygen atoms in total. The normalized spacial score (nSPS) is 23.9. The van der Waals surface area contributed by atoms with Crippen molar-refractivity contribution in [1.29, 1.82) is 0 Å². The number of nitrogens with zero attached hydrogens (tertiary/aromatic N) is 1. The van der Waals surface area contributed by atoms with E-state index in [0.717, 1.165) is 12.0 Å². The van der Waals surface area contributed by atoms with Crippen LogP contribution in [-0.4, -0.2) is 23.9 Å². The van der Waals surface area contributed by atoms with Gasteiger partial charge in [0.05, 0.1) is 12.0 Å². The van der Waals surface area contributed by atoms with E-state index in [2.05, 4.69) is 0 Å². The smallest absolute Gasteiger partial charge is 0.229 e. The van der Waals surface area contributed by atoms with Crippen LogP contribution in [0.3, 0.4) is 0 Å². The van der Waals surface area contributed by atoms with Gasteiger partial charge in [-0.15, -0.1) is 0 Å². The fourth-order valence-corrected chi connectivity index (χ4v) is 2.32. The summed E-state index contributed by atoms with van der Waals surface area (Å²) in [5, 5.41) is 0. The SMILES string of the molecule is CC(c1ccccc1)N(C)C(=O)C1C=CC(N)C1. The van der Waals surface area contributed by atoms with Crippen LogP contribution in [-0.2, 0) is 4.79 Å². The second-order valence-corrected chi connectivity index (χ2v) is 4.93. The molecular formula is C15H20N2O. The molecule has 0 radical (unpaired) electrons. The lowest BCUT2D eigenvalue weighted by Crippen LogP contribution is -2.34. The Morgan fingerprint density at radius 2 is 2.00 bits per heavy atom. The molecule has 0 spiro atoms. The third-order valence-electron chi connectivity index (χ3n) is 3.64. The van der Waals surface area contributed by atoms with Crippen molar-refractivity contribution < 1.29 is 4.79 Å². The summed E-state index contributed by atoms with van der Waals surface area (Å²) in [4.78, 5) is 14.1. The number of nitrogens with two attached hydrogens (primary N) is 1. The van der Waals surface area contributed by atoms with Gasteiger partial charge in [-0.3, -0.25) is 4.79 Å². The van der Waals surface area contributed by atoms with Crippen molar-refractivity contribution in [3.63, 3.8) is 0 Å². The Morgan fingerprint density at radius 3 is 2.56 bits per heavy atom. The quantitative estimate of drug-likeness (QED) is 0.828. The fourth-order valence-electron chi connectivity index (χ4n) is 2.32. The molecule has 96 valence electrons. The van der Waals surface area contributed by atoms with E-state index in [1.54, 1.807) is 0 Å². The summed E-state index contributed by atoms with van der Waals surface area (Å²) in [6.07, 6.45) is 4.58. The Kier molecular flexibility index (Phi) is 3.82. The average molecular weight is 244 g/mol. The van der Waals surface area contributed by atoms with E-state index in [0.29, 0.717) is 0 Å². The van der Waals surface area contributed by atoms with E-state index in [1.165, 1.54) is 0 Å². The van der Waals surface area contributed by atoms with Crippen molar-refractivity contribution in [2.45, 2.75) is 25.4 Å². The largest absolute Gasteiger partial charge is 0.338 e. The van der Waals surface area contributed by atoms with Crippen molar-refractivity contribution in [3.8, 4) is 0 Å². The monoisotopic (exact) mass is 244 g/mol. The van der Waals surface area contributed by atoms with Crippen molar-refractivity contribution in [2.75, 3.05) is 7.05 Å². The first-order valence-electron chi connectivity index (χ1n) is 6.35. The van der Waals surface area contributed by atoms with Gasteiger partial charge in [-0.2, -0.15) is 0 Å². The lowest BCUT2D eigenvalue weighted by molar-refractivity contribution is -0.134. The topological polar surface area (TPSA) is 46.3 Å². The number of amides is 1. The van der Waals surface area contributed by atoms with E-state index >= 15 is 0 Å². The van der Waals surface area contributed by atoms with Crippen LogP contribution in [0.4, 0.5) is 0 Å². The van der Waals surface area contributed by atoms with Gasteiger partial charge < -0.3 is 10.6 Å². The second-order valence-electron chi connectivity index (χ2n) is 4.93. The van der Waals surface area contributed by atoms with E-state index in [1.807, 2.05) is 61.4 Å². The van der Waals surface area contributed by atoms with Gasteiger partial charge in [-0.05, 0) is 18.9 Å². The van der Waals surface area contributed by atoms with Gasteiger partial charge in [0.25, 0.3) is 0 Å². The summed E-state index contributed by atoms with van der Waals surface area (Å²) in [6, 6.07) is 10.2. The molecular weight excluding hydrogens is 224 g/mol. The van der Waals surface area contributed by atoms with Crippen LogP contribution in [0, 0.1) is 5.92 Å². The van der Waals surface area contributed by atoms with Crippen molar-refractivity contribution >= 4 is 5.91 Å². The first-order chi connectivity index (χ1) is 8.59. The molecule has 0 fully saturated rings. The highest BCUT2D eigenvalue weighted by molar-refractivity contribution is 5.81. The molecule has 1 amide bonds. The van der Waals surface area contributed by atoms with E-state index in [4.69, 9.17) is 5.73 Å². The summed E-state index contributed by atoms with van der Waals surface area (Å²) < 4.78 is 0. The number of hydrogen-bond acceptors (Lipinski definition) is 2. The van der Waals surface area contributed by atoms with Gasteiger partial charge in [0.1, 0.15) is 0 Å². The number of rotatable bonds is 3.